The van der Waals surface area contributed by atoms with Crippen LogP contribution in [-0.2, 0) is 27.8 Å². The molecule has 0 atom stereocenters. The van der Waals surface area contributed by atoms with Crippen LogP contribution in [0.3, 0.4) is 0 Å². The first-order valence-electron chi connectivity index (χ1n) is 15.5. The Labute approximate surface area is 270 Å². The molecule has 1 saturated carbocycles. The molecule has 7 rings (SSSR count). The Morgan fingerprint density at radius 2 is 1.79 bits per heavy atom. The van der Waals surface area contributed by atoms with Crippen LogP contribution in [-0.4, -0.2) is 50.7 Å². The van der Waals surface area contributed by atoms with E-state index in [0.717, 1.165) is 66.1 Å². The van der Waals surface area contributed by atoms with Gasteiger partial charge in [0.05, 0.1) is 28.9 Å². The molecular weight excluding hydrogens is 619 g/mol. The van der Waals surface area contributed by atoms with Crippen LogP contribution in [0.2, 0.25) is 0 Å². The Kier molecular flexibility index (Phi) is 8.02. The summed E-state index contributed by atoms with van der Waals surface area (Å²) < 4.78 is 40.3. The number of sulfonamides is 1. The fourth-order valence-electron chi connectivity index (χ4n) is 6.19. The molecule has 1 aliphatic rings. The number of fused-ring (bicyclic) bond motifs is 2. The van der Waals surface area contributed by atoms with Crippen LogP contribution in [0.4, 0.5) is 10.1 Å². The van der Waals surface area contributed by atoms with Crippen molar-refractivity contribution in [3.63, 3.8) is 0 Å². The van der Waals surface area contributed by atoms with Crippen LogP contribution in [0.5, 0.6) is 0 Å². The number of rotatable bonds is 9. The van der Waals surface area contributed by atoms with Crippen LogP contribution in [0.25, 0.3) is 55.8 Å². The van der Waals surface area contributed by atoms with Crippen molar-refractivity contribution in [2.45, 2.75) is 45.6 Å². The van der Waals surface area contributed by atoms with Gasteiger partial charge in [0, 0.05) is 41.7 Å². The zero-order chi connectivity index (χ0) is 32.7. The maximum atomic E-state index is 14.7. The van der Waals surface area contributed by atoms with Gasteiger partial charge in [0.2, 0.25) is 15.9 Å². The molecule has 4 heterocycles. The van der Waals surface area contributed by atoms with Crippen molar-refractivity contribution in [2.24, 2.45) is 5.92 Å². The number of carbonyl (C=O) groups is 1. The SMILES string of the molecule is CCc1cc(NC(=O)C2CCCC2)cc(-c2cnc3n[nH]c(-c4nc5c(-c6cc(F)cc(CNS(C)(=O)=O)c6)cncc5[nH]4)c3c2)c1. The van der Waals surface area contributed by atoms with Crippen molar-refractivity contribution in [3.8, 4) is 33.8 Å². The molecule has 0 bridgehead atoms. The summed E-state index contributed by atoms with van der Waals surface area (Å²) in [4.78, 5) is 30.0. The number of hydrogen-bond acceptors (Lipinski definition) is 7. The van der Waals surface area contributed by atoms with Gasteiger partial charge in [-0.1, -0.05) is 25.8 Å². The van der Waals surface area contributed by atoms with Crippen LogP contribution < -0.4 is 10.0 Å². The Balaban J connectivity index is 1.24. The van der Waals surface area contributed by atoms with Gasteiger partial charge in [0.15, 0.2) is 11.5 Å². The minimum absolute atomic E-state index is 0.0518. The average molecular weight is 653 g/mol. The van der Waals surface area contributed by atoms with E-state index in [-0.39, 0.29) is 18.4 Å². The van der Waals surface area contributed by atoms with Gasteiger partial charge >= 0.3 is 0 Å². The minimum atomic E-state index is -3.46. The molecule has 1 aliphatic carbocycles. The number of nitrogens with zero attached hydrogens (tertiary/aromatic N) is 4. The molecule has 0 aliphatic heterocycles. The number of H-pyrrole nitrogens is 2. The van der Waals surface area contributed by atoms with E-state index < -0.39 is 15.8 Å². The third kappa shape index (κ3) is 6.49. The van der Waals surface area contributed by atoms with Crippen LogP contribution in [0.15, 0.2) is 61.1 Å². The Hall–Kier alpha value is -5.01. The molecule has 1 fully saturated rings. The molecule has 0 radical (unpaired) electrons. The Bertz CT molecular complexity index is 2260. The normalized spacial score (nSPS) is 13.9. The first-order valence-corrected chi connectivity index (χ1v) is 17.4. The lowest BCUT2D eigenvalue weighted by molar-refractivity contribution is -0.119. The molecule has 2 aromatic carbocycles. The van der Waals surface area contributed by atoms with E-state index in [4.69, 9.17) is 4.98 Å². The van der Waals surface area contributed by atoms with Gasteiger partial charge in [-0.2, -0.15) is 5.10 Å². The molecule has 4 aromatic heterocycles. The van der Waals surface area contributed by atoms with Crippen molar-refractivity contribution in [2.75, 3.05) is 11.6 Å². The van der Waals surface area contributed by atoms with E-state index in [9.17, 15) is 17.6 Å². The van der Waals surface area contributed by atoms with Gasteiger partial charge in [-0.25, -0.2) is 27.5 Å². The Morgan fingerprint density at radius 1 is 0.979 bits per heavy atom. The zero-order valence-electron chi connectivity index (χ0n) is 25.9. The van der Waals surface area contributed by atoms with E-state index in [1.165, 1.54) is 12.1 Å². The second-order valence-corrected chi connectivity index (χ2v) is 13.9. The fourth-order valence-corrected chi connectivity index (χ4v) is 6.62. The number of carbonyl (C=O) groups excluding carboxylic acids is 1. The molecule has 240 valence electrons. The lowest BCUT2D eigenvalue weighted by Crippen LogP contribution is -2.21. The van der Waals surface area contributed by atoms with Crippen molar-refractivity contribution < 1.29 is 17.6 Å². The largest absolute Gasteiger partial charge is 0.335 e. The molecular formula is C34H33FN8O3S. The quantitative estimate of drug-likeness (QED) is 0.147. The molecule has 47 heavy (non-hydrogen) atoms. The topological polar surface area (TPSA) is 158 Å². The third-order valence-electron chi connectivity index (χ3n) is 8.58. The van der Waals surface area contributed by atoms with Gasteiger partial charge in [-0.05, 0) is 77.9 Å². The highest BCUT2D eigenvalue weighted by Gasteiger charge is 2.23. The summed E-state index contributed by atoms with van der Waals surface area (Å²) in [5.41, 5.74) is 7.53. The summed E-state index contributed by atoms with van der Waals surface area (Å²) >= 11 is 0. The summed E-state index contributed by atoms with van der Waals surface area (Å²) in [7, 11) is -3.46. The maximum Gasteiger partial charge on any atom is 0.227 e. The van der Waals surface area contributed by atoms with Crippen LogP contribution in [0, 0.1) is 11.7 Å². The predicted octanol–water partition coefficient (Wildman–Crippen LogP) is 6.11. The summed E-state index contributed by atoms with van der Waals surface area (Å²) in [6, 6.07) is 12.5. The van der Waals surface area contributed by atoms with E-state index in [0.29, 0.717) is 44.9 Å². The highest BCUT2D eigenvalue weighted by molar-refractivity contribution is 7.88. The second kappa shape index (κ2) is 12.3. The third-order valence-corrected chi connectivity index (χ3v) is 9.24. The van der Waals surface area contributed by atoms with Gasteiger partial charge in [0.1, 0.15) is 11.5 Å². The van der Waals surface area contributed by atoms with Crippen molar-refractivity contribution >= 4 is 43.7 Å². The average Bonchev–Trinajstić information content (AvgIpc) is 3.82. The number of benzene rings is 2. The molecule has 6 aromatic rings. The first kappa shape index (κ1) is 30.6. The molecule has 0 spiro atoms. The number of halogens is 1. The van der Waals surface area contributed by atoms with E-state index >= 15 is 0 Å². The minimum Gasteiger partial charge on any atom is -0.335 e. The Morgan fingerprint density at radius 3 is 2.57 bits per heavy atom. The highest BCUT2D eigenvalue weighted by atomic mass is 32.2. The summed E-state index contributed by atoms with van der Waals surface area (Å²) in [5, 5.41) is 11.3. The fraction of sp³-hybridized carbons (Fsp3) is 0.265. The lowest BCUT2D eigenvalue weighted by Gasteiger charge is -2.13. The summed E-state index contributed by atoms with van der Waals surface area (Å²) in [6.45, 7) is 2.03. The van der Waals surface area contributed by atoms with Crippen molar-refractivity contribution in [1.29, 1.82) is 0 Å². The first-order chi connectivity index (χ1) is 22.6. The van der Waals surface area contributed by atoms with Crippen LogP contribution in [0.1, 0.15) is 43.7 Å². The van der Waals surface area contributed by atoms with E-state index in [1.807, 2.05) is 18.2 Å². The maximum absolute atomic E-state index is 14.7. The van der Waals surface area contributed by atoms with Gasteiger partial charge in [-0.3, -0.25) is 14.9 Å². The van der Waals surface area contributed by atoms with Gasteiger partial charge < -0.3 is 10.3 Å². The summed E-state index contributed by atoms with van der Waals surface area (Å²) in [5.74, 6) is 0.130. The number of imidazole rings is 1. The predicted molar refractivity (Wildman–Crippen MR) is 179 cm³/mol. The van der Waals surface area contributed by atoms with Crippen molar-refractivity contribution in [1.82, 2.24) is 34.9 Å². The number of aromatic nitrogens is 6. The second-order valence-electron chi connectivity index (χ2n) is 12.0. The number of aryl methyl sites for hydroxylation is 1. The monoisotopic (exact) mass is 652 g/mol. The highest BCUT2D eigenvalue weighted by Crippen LogP contribution is 2.34. The molecule has 13 heteroatoms. The summed E-state index contributed by atoms with van der Waals surface area (Å²) in [6.07, 6.45) is 10.9. The standard InChI is InChI=1S/C34H33FN8O3S/c1-3-19-8-22(13-26(11-19)39-34(44)21-6-4-5-7-21)24-14-27-31(42-43-32(27)37-16-24)33-40-29-18-36-17-28(30(29)41-33)23-9-20(10-25(35)12-23)15-38-47(2,45)46/h8-14,16-18,21,38H,3-7,15H2,1-2H3,(H,39,44)(H,40,41)(H,37,42,43). The number of hydrogen-bond donors (Lipinski definition) is 4. The smallest absolute Gasteiger partial charge is 0.227 e. The number of aromatic amines is 2. The van der Waals surface area contributed by atoms with E-state index in [2.05, 4.69) is 48.2 Å². The van der Waals surface area contributed by atoms with Gasteiger partial charge in [0.25, 0.3) is 0 Å². The van der Waals surface area contributed by atoms with Crippen molar-refractivity contribution in [3.05, 3.63) is 78.0 Å². The molecule has 1 amide bonds. The number of anilines is 1. The molecule has 11 nitrogen and oxygen atoms in total. The molecule has 0 unspecified atom stereocenters. The molecule has 4 N–H and O–H groups in total. The number of amides is 1. The number of pyridine rings is 2. The van der Waals surface area contributed by atoms with E-state index in [1.54, 1.807) is 24.7 Å². The van der Waals surface area contributed by atoms with Crippen LogP contribution >= 0.6 is 0 Å². The lowest BCUT2D eigenvalue weighted by atomic mass is 10.0. The number of nitrogens with one attached hydrogen (secondary N) is 4. The zero-order valence-corrected chi connectivity index (χ0v) is 26.7. The molecule has 0 saturated heterocycles. The van der Waals surface area contributed by atoms with Gasteiger partial charge in [-0.15, -0.1) is 0 Å².